The highest BCUT2D eigenvalue weighted by molar-refractivity contribution is 5.72. The molecule has 0 fully saturated rings. The molecule has 1 aromatic heterocycles. The van der Waals surface area contributed by atoms with Crippen molar-refractivity contribution in [3.05, 3.63) is 47.7 Å². The van der Waals surface area contributed by atoms with Crippen LogP contribution in [0.3, 0.4) is 0 Å². The summed E-state index contributed by atoms with van der Waals surface area (Å²) in [5.74, 6) is 0.838. The van der Waals surface area contributed by atoms with Crippen LogP contribution in [0.4, 0.5) is 11.6 Å². The lowest BCUT2D eigenvalue weighted by molar-refractivity contribution is 0.110. The predicted octanol–water partition coefficient (Wildman–Crippen LogP) is 2.73. The van der Waals surface area contributed by atoms with Gasteiger partial charge < -0.3 is 9.32 Å². The molecule has 4 nitrogen and oxygen atoms in total. The number of hydrogen-bond donors (Lipinski definition) is 0. The summed E-state index contributed by atoms with van der Waals surface area (Å²) in [5, 5.41) is 8.82. The van der Waals surface area contributed by atoms with Crippen LogP contribution in [0.1, 0.15) is 16.1 Å². The van der Waals surface area contributed by atoms with Crippen molar-refractivity contribution in [3.8, 4) is 6.07 Å². The standard InChI is InChI=1S/C13H10N2O2/c1-15(13-6-5-12(9-16)17-13)11-4-2-3-10(7-11)8-14/h2-7,9H,1H3. The Morgan fingerprint density at radius 1 is 1.35 bits per heavy atom. The lowest BCUT2D eigenvalue weighted by Gasteiger charge is -2.15. The molecule has 0 radical (unpaired) electrons. The number of nitriles is 1. The topological polar surface area (TPSA) is 57.2 Å². The lowest BCUT2D eigenvalue weighted by Crippen LogP contribution is -2.08. The van der Waals surface area contributed by atoms with E-state index in [-0.39, 0.29) is 5.76 Å². The van der Waals surface area contributed by atoms with E-state index in [1.54, 1.807) is 35.2 Å². The maximum atomic E-state index is 10.5. The van der Waals surface area contributed by atoms with Gasteiger partial charge in [0.1, 0.15) is 0 Å². The molecule has 4 heteroatoms. The van der Waals surface area contributed by atoms with Crippen molar-refractivity contribution < 1.29 is 9.21 Å². The third-order valence-electron chi connectivity index (χ3n) is 2.42. The number of hydrogen-bond acceptors (Lipinski definition) is 4. The van der Waals surface area contributed by atoms with Gasteiger partial charge in [-0.3, -0.25) is 4.79 Å². The van der Waals surface area contributed by atoms with Gasteiger partial charge >= 0.3 is 0 Å². The number of furan rings is 1. The van der Waals surface area contributed by atoms with Crippen LogP contribution >= 0.6 is 0 Å². The molecule has 17 heavy (non-hydrogen) atoms. The van der Waals surface area contributed by atoms with E-state index in [1.165, 1.54) is 0 Å². The molecule has 0 aliphatic carbocycles. The fraction of sp³-hybridized carbons (Fsp3) is 0.0769. The van der Waals surface area contributed by atoms with Crippen molar-refractivity contribution in [1.82, 2.24) is 0 Å². The van der Waals surface area contributed by atoms with E-state index in [9.17, 15) is 4.79 Å². The van der Waals surface area contributed by atoms with Gasteiger partial charge in [0.25, 0.3) is 0 Å². The van der Waals surface area contributed by atoms with Crippen molar-refractivity contribution in [1.29, 1.82) is 5.26 Å². The van der Waals surface area contributed by atoms with E-state index in [0.717, 1.165) is 5.69 Å². The Hall–Kier alpha value is -2.54. The Kier molecular flexibility index (Phi) is 2.93. The van der Waals surface area contributed by atoms with Crippen molar-refractivity contribution in [2.24, 2.45) is 0 Å². The lowest BCUT2D eigenvalue weighted by atomic mass is 10.2. The molecule has 0 saturated heterocycles. The molecule has 0 aliphatic heterocycles. The van der Waals surface area contributed by atoms with Crippen LogP contribution in [0.25, 0.3) is 0 Å². The molecular weight excluding hydrogens is 216 g/mol. The molecule has 0 spiro atoms. The van der Waals surface area contributed by atoms with Crippen LogP contribution < -0.4 is 4.90 Å². The second-order valence-electron chi connectivity index (χ2n) is 3.52. The molecule has 0 N–H and O–H groups in total. The average molecular weight is 226 g/mol. The summed E-state index contributed by atoms with van der Waals surface area (Å²) >= 11 is 0. The van der Waals surface area contributed by atoms with Gasteiger partial charge in [-0.05, 0) is 24.3 Å². The SMILES string of the molecule is CN(c1cccc(C#N)c1)c1ccc(C=O)o1. The smallest absolute Gasteiger partial charge is 0.200 e. The molecule has 0 amide bonds. The predicted molar refractivity (Wildman–Crippen MR) is 63.3 cm³/mol. The Balaban J connectivity index is 2.33. The van der Waals surface area contributed by atoms with E-state index >= 15 is 0 Å². The molecule has 84 valence electrons. The maximum absolute atomic E-state index is 10.5. The summed E-state index contributed by atoms with van der Waals surface area (Å²) in [7, 11) is 1.81. The quantitative estimate of drug-likeness (QED) is 0.755. The first-order valence-electron chi connectivity index (χ1n) is 5.03. The van der Waals surface area contributed by atoms with Crippen LogP contribution in [0.5, 0.6) is 0 Å². The van der Waals surface area contributed by atoms with Crippen molar-refractivity contribution in [2.75, 3.05) is 11.9 Å². The molecule has 0 saturated carbocycles. The van der Waals surface area contributed by atoms with Gasteiger partial charge in [-0.1, -0.05) is 6.07 Å². The Bertz CT molecular complexity index is 581. The average Bonchev–Trinajstić information content (AvgIpc) is 2.86. The molecule has 0 aliphatic rings. The molecule has 0 unspecified atom stereocenters. The van der Waals surface area contributed by atoms with E-state index in [2.05, 4.69) is 6.07 Å². The van der Waals surface area contributed by atoms with Crippen LogP contribution in [0, 0.1) is 11.3 Å². The molecule has 1 heterocycles. The first-order valence-corrected chi connectivity index (χ1v) is 5.03. The zero-order valence-electron chi connectivity index (χ0n) is 9.25. The Labute approximate surface area is 98.7 Å². The van der Waals surface area contributed by atoms with Gasteiger partial charge in [0.2, 0.25) is 0 Å². The van der Waals surface area contributed by atoms with Crippen molar-refractivity contribution in [2.45, 2.75) is 0 Å². The van der Waals surface area contributed by atoms with Gasteiger partial charge in [-0.15, -0.1) is 0 Å². The second-order valence-corrected chi connectivity index (χ2v) is 3.52. The van der Waals surface area contributed by atoms with Crippen molar-refractivity contribution >= 4 is 17.9 Å². The summed E-state index contributed by atoms with van der Waals surface area (Å²) < 4.78 is 5.30. The van der Waals surface area contributed by atoms with E-state index < -0.39 is 0 Å². The number of nitrogens with zero attached hydrogens (tertiary/aromatic N) is 2. The zero-order chi connectivity index (χ0) is 12.3. The minimum Gasteiger partial charge on any atom is -0.437 e. The fourth-order valence-electron chi connectivity index (χ4n) is 1.50. The van der Waals surface area contributed by atoms with E-state index in [1.807, 2.05) is 13.1 Å². The molecule has 0 atom stereocenters. The maximum Gasteiger partial charge on any atom is 0.200 e. The Morgan fingerprint density at radius 2 is 2.18 bits per heavy atom. The molecule has 0 bridgehead atoms. The summed E-state index contributed by atoms with van der Waals surface area (Å²) in [5.41, 5.74) is 1.41. The van der Waals surface area contributed by atoms with Gasteiger partial charge in [-0.25, -0.2) is 0 Å². The van der Waals surface area contributed by atoms with Gasteiger partial charge in [0.15, 0.2) is 17.9 Å². The summed E-state index contributed by atoms with van der Waals surface area (Å²) in [6, 6.07) is 12.5. The molecule has 2 aromatic rings. The summed E-state index contributed by atoms with van der Waals surface area (Å²) in [6.07, 6.45) is 0.656. The van der Waals surface area contributed by atoms with E-state index in [0.29, 0.717) is 17.7 Å². The summed E-state index contributed by atoms with van der Waals surface area (Å²) in [4.78, 5) is 12.3. The van der Waals surface area contributed by atoms with E-state index in [4.69, 9.17) is 9.68 Å². The summed E-state index contributed by atoms with van der Waals surface area (Å²) in [6.45, 7) is 0. The van der Waals surface area contributed by atoms with Crippen LogP contribution in [0.15, 0.2) is 40.8 Å². The number of aldehydes is 1. The van der Waals surface area contributed by atoms with Gasteiger partial charge in [0.05, 0.1) is 11.6 Å². The minimum absolute atomic E-state index is 0.281. The third kappa shape index (κ3) is 2.18. The second kappa shape index (κ2) is 4.54. The zero-order valence-corrected chi connectivity index (χ0v) is 9.25. The number of carbonyl (C=O) groups excluding carboxylic acids is 1. The number of rotatable bonds is 3. The number of anilines is 2. The van der Waals surface area contributed by atoms with Crippen LogP contribution in [-0.2, 0) is 0 Å². The first kappa shape index (κ1) is 11.0. The Morgan fingerprint density at radius 3 is 2.82 bits per heavy atom. The third-order valence-corrected chi connectivity index (χ3v) is 2.42. The number of benzene rings is 1. The number of carbonyl (C=O) groups is 1. The fourth-order valence-corrected chi connectivity index (χ4v) is 1.50. The van der Waals surface area contributed by atoms with Gasteiger partial charge in [-0.2, -0.15) is 5.26 Å². The highest BCUT2D eigenvalue weighted by atomic mass is 16.4. The largest absolute Gasteiger partial charge is 0.437 e. The van der Waals surface area contributed by atoms with Gasteiger partial charge in [0, 0.05) is 18.8 Å². The van der Waals surface area contributed by atoms with Crippen molar-refractivity contribution in [3.63, 3.8) is 0 Å². The van der Waals surface area contributed by atoms with Crippen LogP contribution in [-0.4, -0.2) is 13.3 Å². The normalized spacial score (nSPS) is 9.65. The minimum atomic E-state index is 0.281. The molecule has 2 rings (SSSR count). The molecular formula is C13H10N2O2. The highest BCUT2D eigenvalue weighted by Crippen LogP contribution is 2.25. The van der Waals surface area contributed by atoms with Crippen LogP contribution in [0.2, 0.25) is 0 Å². The molecule has 1 aromatic carbocycles. The first-order chi connectivity index (χ1) is 8.24. The monoisotopic (exact) mass is 226 g/mol. The highest BCUT2D eigenvalue weighted by Gasteiger charge is 2.08.